The van der Waals surface area contributed by atoms with Crippen molar-refractivity contribution in [2.24, 2.45) is 11.7 Å². The van der Waals surface area contributed by atoms with Crippen LogP contribution in [0.15, 0.2) is 6.20 Å². The lowest BCUT2D eigenvalue weighted by Gasteiger charge is -2.26. The fraction of sp³-hybridized carbons (Fsp3) is 0.583. The van der Waals surface area contributed by atoms with Crippen LogP contribution in [0.4, 0.5) is 11.8 Å². The van der Waals surface area contributed by atoms with Gasteiger partial charge in [-0.3, -0.25) is 4.79 Å². The van der Waals surface area contributed by atoms with Crippen molar-refractivity contribution in [2.75, 3.05) is 11.1 Å². The van der Waals surface area contributed by atoms with Gasteiger partial charge in [-0.1, -0.05) is 6.92 Å². The van der Waals surface area contributed by atoms with Gasteiger partial charge in [-0.2, -0.15) is 4.98 Å². The molecule has 1 amide bonds. The number of hydrogen-bond donors (Lipinski definition) is 3. The lowest BCUT2D eigenvalue weighted by atomic mass is 9.87. The summed E-state index contributed by atoms with van der Waals surface area (Å²) >= 11 is 0. The molecule has 1 aromatic rings. The maximum Gasteiger partial charge on any atom is 0.254 e. The fourth-order valence-corrected chi connectivity index (χ4v) is 2.24. The van der Waals surface area contributed by atoms with E-state index in [2.05, 4.69) is 22.2 Å². The second-order valence-electron chi connectivity index (χ2n) is 4.96. The number of nitrogens with two attached hydrogens (primary N) is 2. The highest BCUT2D eigenvalue weighted by Gasteiger charge is 2.19. The molecular formula is C12H19N5O. The monoisotopic (exact) mass is 249 g/mol. The number of nitrogens with one attached hydrogen (secondary N) is 1. The summed E-state index contributed by atoms with van der Waals surface area (Å²) < 4.78 is 0. The van der Waals surface area contributed by atoms with E-state index in [0.29, 0.717) is 12.0 Å². The lowest BCUT2D eigenvalue weighted by molar-refractivity contribution is 0.100. The summed E-state index contributed by atoms with van der Waals surface area (Å²) in [5.41, 5.74) is 11.0. The summed E-state index contributed by atoms with van der Waals surface area (Å²) in [6.45, 7) is 2.27. The fourth-order valence-electron chi connectivity index (χ4n) is 2.24. The Balaban J connectivity index is 2.02. The largest absolute Gasteiger partial charge is 0.383 e. The molecule has 5 N–H and O–H groups in total. The predicted molar refractivity (Wildman–Crippen MR) is 70.0 cm³/mol. The maximum absolute atomic E-state index is 11.0. The number of anilines is 2. The smallest absolute Gasteiger partial charge is 0.254 e. The molecule has 0 aliphatic heterocycles. The highest BCUT2D eigenvalue weighted by molar-refractivity contribution is 5.96. The van der Waals surface area contributed by atoms with Gasteiger partial charge in [0.15, 0.2) is 0 Å². The van der Waals surface area contributed by atoms with Gasteiger partial charge >= 0.3 is 0 Å². The molecule has 0 saturated heterocycles. The summed E-state index contributed by atoms with van der Waals surface area (Å²) in [7, 11) is 0. The van der Waals surface area contributed by atoms with Crippen LogP contribution in [-0.2, 0) is 0 Å². The van der Waals surface area contributed by atoms with Crippen LogP contribution in [0.1, 0.15) is 43.0 Å². The van der Waals surface area contributed by atoms with E-state index in [4.69, 9.17) is 11.5 Å². The van der Waals surface area contributed by atoms with Crippen LogP contribution >= 0.6 is 0 Å². The van der Waals surface area contributed by atoms with Crippen molar-refractivity contribution in [3.63, 3.8) is 0 Å². The average molecular weight is 249 g/mol. The Morgan fingerprint density at radius 2 is 2.06 bits per heavy atom. The predicted octanol–water partition coefficient (Wildman–Crippen LogP) is 1.15. The minimum atomic E-state index is -0.606. The second-order valence-corrected chi connectivity index (χ2v) is 4.96. The first-order chi connectivity index (χ1) is 8.56. The maximum atomic E-state index is 11.0. The van der Waals surface area contributed by atoms with Gasteiger partial charge < -0.3 is 16.8 Å². The second kappa shape index (κ2) is 5.20. The number of hydrogen-bond acceptors (Lipinski definition) is 5. The summed E-state index contributed by atoms with van der Waals surface area (Å²) in [4.78, 5) is 19.1. The molecule has 1 aliphatic carbocycles. The molecule has 0 spiro atoms. The molecule has 1 aromatic heterocycles. The number of nitrogen functional groups attached to an aromatic ring is 1. The van der Waals surface area contributed by atoms with E-state index in [1.54, 1.807) is 0 Å². The molecule has 98 valence electrons. The highest BCUT2D eigenvalue weighted by Crippen LogP contribution is 2.25. The first-order valence-corrected chi connectivity index (χ1v) is 6.25. The number of carbonyl (C=O) groups excluding carboxylic acids is 1. The van der Waals surface area contributed by atoms with Crippen molar-refractivity contribution in [3.8, 4) is 0 Å². The number of carbonyl (C=O) groups is 1. The molecule has 6 heteroatoms. The third kappa shape index (κ3) is 2.88. The number of primary amides is 1. The SMILES string of the molecule is CC1CCC(Nc2ncc(C(N)=O)c(N)n2)CC1. The van der Waals surface area contributed by atoms with Crippen LogP contribution in [0.3, 0.4) is 0 Å². The van der Waals surface area contributed by atoms with Crippen LogP contribution in [0.2, 0.25) is 0 Å². The molecule has 0 aromatic carbocycles. The summed E-state index contributed by atoms with van der Waals surface area (Å²) in [6, 6.07) is 0.389. The van der Waals surface area contributed by atoms with Crippen LogP contribution in [0.5, 0.6) is 0 Å². The Morgan fingerprint density at radius 3 is 2.61 bits per heavy atom. The van der Waals surface area contributed by atoms with Crippen molar-refractivity contribution in [2.45, 2.75) is 38.6 Å². The minimum absolute atomic E-state index is 0.129. The molecule has 0 unspecified atom stereocenters. The van der Waals surface area contributed by atoms with E-state index in [9.17, 15) is 4.79 Å². The molecule has 0 radical (unpaired) electrons. The standard InChI is InChI=1S/C12H19N5O/c1-7-2-4-8(5-3-7)16-12-15-6-9(11(14)18)10(13)17-12/h6-8H,2-5H2,1H3,(H2,14,18)(H3,13,15,16,17). The average Bonchev–Trinajstić information content (AvgIpc) is 2.32. The van der Waals surface area contributed by atoms with Crippen LogP contribution in [0, 0.1) is 5.92 Å². The van der Waals surface area contributed by atoms with Crippen molar-refractivity contribution in [1.29, 1.82) is 0 Å². The highest BCUT2D eigenvalue weighted by atomic mass is 16.1. The van der Waals surface area contributed by atoms with Gasteiger partial charge in [0.25, 0.3) is 5.91 Å². The minimum Gasteiger partial charge on any atom is -0.383 e. The van der Waals surface area contributed by atoms with Gasteiger partial charge in [-0.05, 0) is 31.6 Å². The Labute approximate surface area is 106 Å². The van der Waals surface area contributed by atoms with Gasteiger partial charge in [-0.15, -0.1) is 0 Å². The summed E-state index contributed by atoms with van der Waals surface area (Å²) in [5.74, 6) is 0.790. The molecule has 0 atom stereocenters. The first-order valence-electron chi connectivity index (χ1n) is 6.25. The Bertz CT molecular complexity index is 440. The zero-order chi connectivity index (χ0) is 13.1. The zero-order valence-electron chi connectivity index (χ0n) is 10.5. The Hall–Kier alpha value is -1.85. The zero-order valence-corrected chi connectivity index (χ0v) is 10.5. The number of rotatable bonds is 3. The Morgan fingerprint density at radius 1 is 1.39 bits per heavy atom. The van der Waals surface area contributed by atoms with Gasteiger partial charge in [0.1, 0.15) is 5.82 Å². The molecule has 2 rings (SSSR count). The third-order valence-electron chi connectivity index (χ3n) is 3.43. The van der Waals surface area contributed by atoms with E-state index in [1.807, 2.05) is 0 Å². The Kier molecular flexibility index (Phi) is 3.64. The van der Waals surface area contributed by atoms with Gasteiger partial charge in [-0.25, -0.2) is 4.98 Å². The van der Waals surface area contributed by atoms with E-state index in [0.717, 1.165) is 18.8 Å². The molecule has 1 saturated carbocycles. The number of nitrogens with zero attached hydrogens (tertiary/aromatic N) is 2. The lowest BCUT2D eigenvalue weighted by Crippen LogP contribution is -2.26. The quantitative estimate of drug-likeness (QED) is 0.744. The molecule has 0 bridgehead atoms. The third-order valence-corrected chi connectivity index (χ3v) is 3.43. The van der Waals surface area contributed by atoms with Crippen LogP contribution in [-0.4, -0.2) is 21.9 Å². The molecular weight excluding hydrogens is 230 g/mol. The molecule has 1 aliphatic rings. The van der Waals surface area contributed by atoms with Crippen molar-refractivity contribution < 1.29 is 4.79 Å². The summed E-state index contributed by atoms with van der Waals surface area (Å²) in [5, 5.41) is 3.25. The van der Waals surface area contributed by atoms with E-state index in [-0.39, 0.29) is 11.4 Å². The molecule has 6 nitrogen and oxygen atoms in total. The first kappa shape index (κ1) is 12.6. The van der Waals surface area contributed by atoms with Crippen molar-refractivity contribution in [3.05, 3.63) is 11.8 Å². The van der Waals surface area contributed by atoms with E-state index in [1.165, 1.54) is 19.0 Å². The topological polar surface area (TPSA) is 107 Å². The van der Waals surface area contributed by atoms with Crippen molar-refractivity contribution in [1.82, 2.24) is 9.97 Å². The van der Waals surface area contributed by atoms with E-state index < -0.39 is 5.91 Å². The van der Waals surface area contributed by atoms with Crippen molar-refractivity contribution >= 4 is 17.7 Å². The normalized spacial score (nSPS) is 23.6. The van der Waals surface area contributed by atoms with Gasteiger partial charge in [0.2, 0.25) is 5.95 Å². The number of amides is 1. The van der Waals surface area contributed by atoms with Crippen LogP contribution < -0.4 is 16.8 Å². The summed E-state index contributed by atoms with van der Waals surface area (Å²) in [6.07, 6.45) is 6.03. The van der Waals surface area contributed by atoms with Crippen LogP contribution in [0.25, 0.3) is 0 Å². The van der Waals surface area contributed by atoms with Gasteiger partial charge in [0, 0.05) is 12.2 Å². The molecule has 1 heterocycles. The molecule has 1 fully saturated rings. The molecule has 18 heavy (non-hydrogen) atoms. The number of aromatic nitrogens is 2. The van der Waals surface area contributed by atoms with Gasteiger partial charge in [0.05, 0.1) is 5.56 Å². The van der Waals surface area contributed by atoms with E-state index >= 15 is 0 Å².